The van der Waals surface area contributed by atoms with Gasteiger partial charge >= 0.3 is 0 Å². The van der Waals surface area contributed by atoms with Crippen LogP contribution >= 0.6 is 0 Å². The van der Waals surface area contributed by atoms with Crippen LogP contribution in [0.4, 0.5) is 0 Å². The molecule has 2 rings (SSSR count). The number of nitrogens with one attached hydrogen (secondary N) is 1. The fourth-order valence-electron chi connectivity index (χ4n) is 2.96. The van der Waals surface area contributed by atoms with Crippen LogP contribution in [-0.2, 0) is 20.8 Å². The Morgan fingerprint density at radius 3 is 2.22 bits per heavy atom. The monoisotopic (exact) mass is 377 g/mol. The number of carbonyl (C=O) groups is 3. The molecule has 0 saturated carbocycles. The zero-order valence-electron chi connectivity index (χ0n) is 16.1. The Morgan fingerprint density at radius 1 is 1.00 bits per heavy atom. The van der Waals surface area contributed by atoms with Crippen LogP contribution in [0, 0.1) is 0 Å². The molecule has 1 aliphatic rings. The van der Waals surface area contributed by atoms with Crippen molar-refractivity contribution in [1.82, 2.24) is 15.1 Å². The fourth-order valence-corrected chi connectivity index (χ4v) is 2.96. The molecule has 3 amide bonds. The molecule has 0 spiro atoms. The van der Waals surface area contributed by atoms with Gasteiger partial charge in [-0.3, -0.25) is 14.4 Å². The van der Waals surface area contributed by atoms with E-state index >= 15 is 0 Å². The van der Waals surface area contributed by atoms with Crippen molar-refractivity contribution in [2.45, 2.75) is 19.8 Å². The molecule has 0 aliphatic carbocycles. The maximum atomic E-state index is 12.2. The summed E-state index contributed by atoms with van der Waals surface area (Å²) in [5.74, 6) is 0.799. The third kappa shape index (κ3) is 5.87. The van der Waals surface area contributed by atoms with E-state index in [1.807, 2.05) is 18.2 Å². The number of nitrogens with zero attached hydrogens (tertiary/aromatic N) is 2. The lowest BCUT2D eigenvalue weighted by Crippen LogP contribution is -2.50. The maximum Gasteiger partial charge on any atom is 0.232 e. The van der Waals surface area contributed by atoms with Crippen molar-refractivity contribution in [2.75, 3.05) is 46.9 Å². The minimum Gasteiger partial charge on any atom is -0.493 e. The average molecular weight is 377 g/mol. The topological polar surface area (TPSA) is 88.2 Å². The zero-order chi connectivity index (χ0) is 19.8. The molecule has 8 heteroatoms. The van der Waals surface area contributed by atoms with Crippen LogP contribution in [0.5, 0.6) is 11.5 Å². The van der Waals surface area contributed by atoms with Crippen LogP contribution in [0.1, 0.15) is 18.9 Å². The van der Waals surface area contributed by atoms with E-state index in [0.29, 0.717) is 50.6 Å². The molecule has 0 unspecified atom stereocenters. The Morgan fingerprint density at radius 2 is 1.63 bits per heavy atom. The van der Waals surface area contributed by atoms with Gasteiger partial charge in [0.2, 0.25) is 17.7 Å². The number of rotatable bonds is 7. The van der Waals surface area contributed by atoms with E-state index in [1.54, 1.807) is 24.0 Å². The van der Waals surface area contributed by atoms with E-state index in [4.69, 9.17) is 9.47 Å². The van der Waals surface area contributed by atoms with Gasteiger partial charge in [0.15, 0.2) is 11.5 Å². The van der Waals surface area contributed by atoms with E-state index in [-0.39, 0.29) is 24.1 Å². The van der Waals surface area contributed by atoms with Crippen molar-refractivity contribution < 1.29 is 23.9 Å². The number of amides is 3. The molecule has 1 aliphatic heterocycles. The van der Waals surface area contributed by atoms with Crippen molar-refractivity contribution in [3.63, 3.8) is 0 Å². The first-order valence-electron chi connectivity index (χ1n) is 8.95. The highest BCUT2D eigenvalue weighted by Crippen LogP contribution is 2.27. The normalized spacial score (nSPS) is 13.9. The maximum absolute atomic E-state index is 12.2. The second-order valence-corrected chi connectivity index (χ2v) is 6.35. The van der Waals surface area contributed by atoms with Gasteiger partial charge in [-0.2, -0.15) is 0 Å². The van der Waals surface area contributed by atoms with Crippen LogP contribution in [0.15, 0.2) is 18.2 Å². The smallest absolute Gasteiger partial charge is 0.232 e. The Kier molecular flexibility index (Phi) is 7.45. The summed E-state index contributed by atoms with van der Waals surface area (Å²) in [5, 5.41) is 2.77. The van der Waals surface area contributed by atoms with Gasteiger partial charge < -0.3 is 24.6 Å². The second-order valence-electron chi connectivity index (χ2n) is 6.35. The first-order chi connectivity index (χ1) is 12.9. The number of benzene rings is 1. The molecule has 0 atom stereocenters. The van der Waals surface area contributed by atoms with Gasteiger partial charge in [-0.05, 0) is 24.1 Å². The summed E-state index contributed by atoms with van der Waals surface area (Å²) < 4.78 is 10.5. The lowest BCUT2D eigenvalue weighted by atomic mass is 10.1. The molecule has 0 aromatic heterocycles. The van der Waals surface area contributed by atoms with E-state index in [9.17, 15) is 14.4 Å². The fraction of sp³-hybridized carbons (Fsp3) is 0.526. The number of ether oxygens (including phenoxy) is 2. The minimum atomic E-state index is -0.297. The quantitative estimate of drug-likeness (QED) is 0.697. The van der Waals surface area contributed by atoms with Gasteiger partial charge in [-0.1, -0.05) is 6.07 Å². The molecule has 27 heavy (non-hydrogen) atoms. The lowest BCUT2D eigenvalue weighted by Gasteiger charge is -2.34. The molecule has 148 valence electrons. The molecule has 8 nitrogen and oxygen atoms in total. The second kappa shape index (κ2) is 9.80. The zero-order valence-corrected chi connectivity index (χ0v) is 16.1. The summed E-state index contributed by atoms with van der Waals surface area (Å²) in [5.41, 5.74) is 1.000. The third-order valence-electron chi connectivity index (χ3n) is 4.57. The van der Waals surface area contributed by atoms with Gasteiger partial charge in [-0.15, -0.1) is 0 Å². The summed E-state index contributed by atoms with van der Waals surface area (Å²) >= 11 is 0. The minimum absolute atomic E-state index is 0.00926. The van der Waals surface area contributed by atoms with Gasteiger partial charge in [0.1, 0.15) is 6.42 Å². The molecular weight excluding hydrogens is 350 g/mol. The molecule has 1 aromatic rings. The molecule has 1 fully saturated rings. The van der Waals surface area contributed by atoms with E-state index in [1.165, 1.54) is 6.92 Å². The molecule has 0 bridgehead atoms. The Bertz CT molecular complexity index is 684. The van der Waals surface area contributed by atoms with E-state index < -0.39 is 0 Å². The number of carbonyl (C=O) groups excluding carboxylic acids is 3. The van der Waals surface area contributed by atoms with Gasteiger partial charge in [0.05, 0.1) is 14.2 Å². The highest BCUT2D eigenvalue weighted by molar-refractivity contribution is 5.97. The van der Waals surface area contributed by atoms with Crippen molar-refractivity contribution in [2.24, 2.45) is 0 Å². The predicted octanol–water partition coefficient (Wildman–Crippen LogP) is 0.443. The van der Waals surface area contributed by atoms with E-state index in [0.717, 1.165) is 5.56 Å². The SMILES string of the molecule is COc1ccc(CCNC(=O)CC(=O)N2CCN(C(C)=O)CC2)cc1OC. The summed E-state index contributed by atoms with van der Waals surface area (Å²) in [6, 6.07) is 5.60. The van der Waals surface area contributed by atoms with Crippen molar-refractivity contribution >= 4 is 17.7 Å². The first kappa shape index (κ1) is 20.5. The van der Waals surface area contributed by atoms with Crippen molar-refractivity contribution in [3.05, 3.63) is 23.8 Å². The molecular formula is C19H27N3O5. The van der Waals surface area contributed by atoms with Crippen LogP contribution in [0.25, 0.3) is 0 Å². The number of piperazine rings is 1. The molecule has 1 aromatic carbocycles. The number of methoxy groups -OCH3 is 2. The summed E-state index contributed by atoms with van der Waals surface area (Å²) in [7, 11) is 3.15. The average Bonchev–Trinajstić information content (AvgIpc) is 2.67. The van der Waals surface area contributed by atoms with Crippen molar-refractivity contribution in [1.29, 1.82) is 0 Å². The highest BCUT2D eigenvalue weighted by atomic mass is 16.5. The Balaban J connectivity index is 1.73. The summed E-state index contributed by atoms with van der Waals surface area (Å²) in [6.07, 6.45) is 0.448. The van der Waals surface area contributed by atoms with Crippen molar-refractivity contribution in [3.8, 4) is 11.5 Å². The standard InChI is InChI=1S/C19H27N3O5/c1-14(23)21-8-10-22(11-9-21)19(25)13-18(24)20-7-6-15-4-5-16(26-2)17(12-15)27-3/h4-5,12H,6-11,13H2,1-3H3,(H,20,24). The molecule has 0 radical (unpaired) electrons. The number of hydrogen-bond donors (Lipinski definition) is 1. The van der Waals surface area contributed by atoms with Gasteiger partial charge in [0, 0.05) is 39.6 Å². The first-order valence-corrected chi connectivity index (χ1v) is 8.95. The van der Waals surface area contributed by atoms with Crippen LogP contribution in [0.2, 0.25) is 0 Å². The van der Waals surface area contributed by atoms with Crippen LogP contribution in [0.3, 0.4) is 0 Å². The Labute approximate surface area is 159 Å². The molecule has 1 heterocycles. The van der Waals surface area contributed by atoms with Crippen LogP contribution < -0.4 is 14.8 Å². The lowest BCUT2D eigenvalue weighted by molar-refractivity contribution is -0.141. The third-order valence-corrected chi connectivity index (χ3v) is 4.57. The largest absolute Gasteiger partial charge is 0.493 e. The number of hydrogen-bond acceptors (Lipinski definition) is 5. The van der Waals surface area contributed by atoms with Gasteiger partial charge in [0.25, 0.3) is 0 Å². The summed E-state index contributed by atoms with van der Waals surface area (Å²) in [4.78, 5) is 38.9. The Hall–Kier alpha value is -2.77. The van der Waals surface area contributed by atoms with E-state index in [2.05, 4.69) is 5.32 Å². The molecule has 1 saturated heterocycles. The van der Waals surface area contributed by atoms with Gasteiger partial charge in [-0.25, -0.2) is 0 Å². The summed E-state index contributed by atoms with van der Waals surface area (Å²) in [6.45, 7) is 3.92. The predicted molar refractivity (Wildman–Crippen MR) is 99.7 cm³/mol. The van der Waals surface area contributed by atoms with Crippen LogP contribution in [-0.4, -0.2) is 74.5 Å². The molecule has 1 N–H and O–H groups in total. The highest BCUT2D eigenvalue weighted by Gasteiger charge is 2.23.